The molecule has 0 aromatic rings. The first-order valence-corrected chi connectivity index (χ1v) is 24.7. The van der Waals surface area contributed by atoms with Gasteiger partial charge in [-0.3, -0.25) is 14.4 Å². The van der Waals surface area contributed by atoms with Crippen LogP contribution in [0.1, 0.15) is 213 Å². The molecule has 0 saturated carbocycles. The van der Waals surface area contributed by atoms with E-state index in [1.807, 2.05) is 0 Å². The largest absolute Gasteiger partial charge is 0.462 e. The Balaban J connectivity index is 4.43. The summed E-state index contributed by atoms with van der Waals surface area (Å²) >= 11 is 0. The van der Waals surface area contributed by atoms with Crippen LogP contribution in [0.15, 0.2) is 97.2 Å². The fourth-order valence-electron chi connectivity index (χ4n) is 6.29. The van der Waals surface area contributed by atoms with Gasteiger partial charge in [0.25, 0.3) is 0 Å². The van der Waals surface area contributed by atoms with E-state index < -0.39 is 6.10 Å². The van der Waals surface area contributed by atoms with Gasteiger partial charge < -0.3 is 14.2 Å². The van der Waals surface area contributed by atoms with E-state index in [0.29, 0.717) is 19.3 Å². The first-order chi connectivity index (χ1) is 30.0. The summed E-state index contributed by atoms with van der Waals surface area (Å²) in [5.41, 5.74) is 0. The van der Waals surface area contributed by atoms with Gasteiger partial charge >= 0.3 is 17.9 Å². The van der Waals surface area contributed by atoms with Gasteiger partial charge in [-0.25, -0.2) is 0 Å². The van der Waals surface area contributed by atoms with E-state index in [0.717, 1.165) is 122 Å². The van der Waals surface area contributed by atoms with Gasteiger partial charge in [-0.15, -0.1) is 0 Å². The number of esters is 3. The minimum Gasteiger partial charge on any atom is -0.462 e. The molecule has 6 nitrogen and oxygen atoms in total. The first kappa shape index (κ1) is 57.3. The number of ether oxygens (including phenoxy) is 3. The molecule has 0 radical (unpaired) electrons. The lowest BCUT2D eigenvalue weighted by Crippen LogP contribution is -2.30. The van der Waals surface area contributed by atoms with Crippen LogP contribution in [-0.2, 0) is 28.6 Å². The van der Waals surface area contributed by atoms with Crippen molar-refractivity contribution in [2.75, 3.05) is 13.2 Å². The van der Waals surface area contributed by atoms with Crippen molar-refractivity contribution < 1.29 is 28.6 Å². The van der Waals surface area contributed by atoms with E-state index in [9.17, 15) is 14.4 Å². The fourth-order valence-corrected chi connectivity index (χ4v) is 6.29. The average molecular weight is 847 g/mol. The SMILES string of the molecule is CC/C=C\C/C=C\C/C=C\C/C=C\C/C=C\C/C=C\CCCCC(=O)OCC(COC(=O)CCCCCCC/C=C\CCCC)OC(=O)CCCCCCC/C=C\CCCC. The number of carbonyl (C=O) groups excluding carboxylic acids is 3. The Morgan fingerprint density at radius 2 is 0.639 bits per heavy atom. The summed E-state index contributed by atoms with van der Waals surface area (Å²) in [7, 11) is 0. The molecule has 0 heterocycles. The van der Waals surface area contributed by atoms with E-state index in [2.05, 4.69) is 118 Å². The number of carbonyl (C=O) groups is 3. The van der Waals surface area contributed by atoms with Crippen molar-refractivity contribution in [2.24, 2.45) is 0 Å². The van der Waals surface area contributed by atoms with Crippen molar-refractivity contribution in [3.63, 3.8) is 0 Å². The first-order valence-electron chi connectivity index (χ1n) is 24.7. The number of hydrogen-bond donors (Lipinski definition) is 0. The van der Waals surface area contributed by atoms with Crippen LogP contribution in [0.25, 0.3) is 0 Å². The zero-order chi connectivity index (χ0) is 44.4. The molecule has 0 fully saturated rings. The molecule has 0 N–H and O–H groups in total. The molecule has 0 saturated heterocycles. The standard InChI is InChI=1S/C55H90O6/c1-4-7-10-13-16-19-22-23-24-25-26-27-28-29-30-31-34-36-39-42-45-48-54(57)60-51-52(61-55(58)49-46-43-40-37-33-21-18-15-12-9-6-3)50-59-53(56)47-44-41-38-35-32-20-17-14-11-8-5-2/h7,10,14-19,23-24,26-27,29-30,34,36,52H,4-6,8-9,11-13,20-22,25,28,31-33,35,37-51H2,1-3H3/b10-7-,17-14-,18-15-,19-16-,24-23-,27-26-,30-29-,36-34-. The third kappa shape index (κ3) is 47.2. The van der Waals surface area contributed by atoms with Gasteiger partial charge in [0.05, 0.1) is 0 Å². The van der Waals surface area contributed by atoms with Gasteiger partial charge in [-0.05, 0) is 109 Å². The van der Waals surface area contributed by atoms with Crippen LogP contribution in [0.5, 0.6) is 0 Å². The molecule has 0 aliphatic heterocycles. The van der Waals surface area contributed by atoms with Gasteiger partial charge in [-0.1, -0.05) is 182 Å². The van der Waals surface area contributed by atoms with Gasteiger partial charge in [0.15, 0.2) is 6.10 Å². The second-order valence-corrected chi connectivity index (χ2v) is 16.0. The molecule has 346 valence electrons. The topological polar surface area (TPSA) is 78.9 Å². The van der Waals surface area contributed by atoms with Crippen LogP contribution in [0.2, 0.25) is 0 Å². The third-order valence-electron chi connectivity index (χ3n) is 10.0. The summed E-state index contributed by atoms with van der Waals surface area (Å²) in [6.45, 7) is 6.37. The molecule has 1 atom stereocenters. The maximum atomic E-state index is 12.7. The molecular formula is C55H90O6. The summed E-state index contributed by atoms with van der Waals surface area (Å²) in [5, 5.41) is 0. The van der Waals surface area contributed by atoms with Gasteiger partial charge in [0.1, 0.15) is 13.2 Å². The highest BCUT2D eigenvalue weighted by molar-refractivity contribution is 5.71. The van der Waals surface area contributed by atoms with Crippen LogP contribution in [0.3, 0.4) is 0 Å². The van der Waals surface area contributed by atoms with E-state index in [1.165, 1.54) is 51.4 Å². The summed E-state index contributed by atoms with van der Waals surface area (Å²) in [5.74, 6) is -0.972. The Kier molecular flexibility index (Phi) is 46.0. The highest BCUT2D eigenvalue weighted by atomic mass is 16.6. The molecule has 0 bridgehead atoms. The highest BCUT2D eigenvalue weighted by Crippen LogP contribution is 2.12. The van der Waals surface area contributed by atoms with Crippen molar-refractivity contribution in [1.82, 2.24) is 0 Å². The predicted molar refractivity (Wildman–Crippen MR) is 260 cm³/mol. The lowest BCUT2D eigenvalue weighted by Gasteiger charge is -2.18. The third-order valence-corrected chi connectivity index (χ3v) is 10.0. The predicted octanol–water partition coefficient (Wildman–Crippen LogP) is 16.2. The van der Waals surface area contributed by atoms with Gasteiger partial charge in [0, 0.05) is 19.3 Å². The normalized spacial score (nSPS) is 12.9. The molecule has 0 aromatic heterocycles. The van der Waals surface area contributed by atoms with Crippen molar-refractivity contribution in [3.05, 3.63) is 97.2 Å². The Labute approximate surface area is 375 Å². The molecule has 1 unspecified atom stereocenters. The molecule has 0 aromatic carbocycles. The fraction of sp³-hybridized carbons (Fsp3) is 0.655. The molecule has 61 heavy (non-hydrogen) atoms. The minimum atomic E-state index is -0.802. The quantitative estimate of drug-likeness (QED) is 0.0263. The number of unbranched alkanes of at least 4 members (excludes halogenated alkanes) is 16. The van der Waals surface area contributed by atoms with Crippen LogP contribution < -0.4 is 0 Å². The molecule has 0 aliphatic carbocycles. The van der Waals surface area contributed by atoms with E-state index in [4.69, 9.17) is 14.2 Å². The Morgan fingerprint density at radius 1 is 0.344 bits per heavy atom. The van der Waals surface area contributed by atoms with Crippen LogP contribution in [-0.4, -0.2) is 37.2 Å². The lowest BCUT2D eigenvalue weighted by atomic mass is 10.1. The number of hydrogen-bond acceptors (Lipinski definition) is 6. The van der Waals surface area contributed by atoms with Crippen LogP contribution in [0.4, 0.5) is 0 Å². The summed E-state index contributed by atoms with van der Waals surface area (Å²) < 4.78 is 16.7. The maximum absolute atomic E-state index is 12.7. The van der Waals surface area contributed by atoms with Crippen LogP contribution >= 0.6 is 0 Å². The Hall–Kier alpha value is -3.67. The smallest absolute Gasteiger partial charge is 0.306 e. The van der Waals surface area contributed by atoms with Crippen molar-refractivity contribution in [3.8, 4) is 0 Å². The zero-order valence-electron chi connectivity index (χ0n) is 39.4. The van der Waals surface area contributed by atoms with Gasteiger partial charge in [-0.2, -0.15) is 0 Å². The Bertz CT molecular complexity index is 1250. The van der Waals surface area contributed by atoms with Gasteiger partial charge in [0.2, 0.25) is 0 Å². The lowest BCUT2D eigenvalue weighted by molar-refractivity contribution is -0.167. The second kappa shape index (κ2) is 49.0. The molecule has 0 rings (SSSR count). The highest BCUT2D eigenvalue weighted by Gasteiger charge is 2.19. The summed E-state index contributed by atoms with van der Waals surface area (Å²) in [6.07, 6.45) is 63.9. The number of allylic oxidation sites excluding steroid dienone is 16. The van der Waals surface area contributed by atoms with E-state index in [1.54, 1.807) is 0 Å². The molecule has 6 heteroatoms. The van der Waals surface area contributed by atoms with Crippen LogP contribution in [0, 0.1) is 0 Å². The molecule has 0 amide bonds. The monoisotopic (exact) mass is 847 g/mol. The molecule has 0 aliphatic rings. The van der Waals surface area contributed by atoms with Crippen molar-refractivity contribution in [1.29, 1.82) is 0 Å². The second-order valence-electron chi connectivity index (χ2n) is 16.0. The summed E-state index contributed by atoms with van der Waals surface area (Å²) in [6, 6.07) is 0. The summed E-state index contributed by atoms with van der Waals surface area (Å²) in [4.78, 5) is 37.8. The minimum absolute atomic E-state index is 0.101. The van der Waals surface area contributed by atoms with Crippen molar-refractivity contribution >= 4 is 17.9 Å². The molecule has 0 spiro atoms. The average Bonchev–Trinajstić information content (AvgIpc) is 3.26. The maximum Gasteiger partial charge on any atom is 0.306 e. The van der Waals surface area contributed by atoms with E-state index >= 15 is 0 Å². The van der Waals surface area contributed by atoms with Crippen molar-refractivity contribution in [2.45, 2.75) is 219 Å². The molecular weight excluding hydrogens is 757 g/mol. The van der Waals surface area contributed by atoms with E-state index in [-0.39, 0.29) is 31.1 Å². The Morgan fingerprint density at radius 3 is 1.05 bits per heavy atom. The zero-order valence-corrected chi connectivity index (χ0v) is 39.4. The number of rotatable bonds is 43.